The molecule has 0 radical (unpaired) electrons. The monoisotopic (exact) mass is 334 g/mol. The number of amides is 1. The van der Waals surface area contributed by atoms with Gasteiger partial charge in [0.25, 0.3) is 5.91 Å². The van der Waals surface area contributed by atoms with E-state index in [0.717, 1.165) is 5.39 Å². The normalized spacial score (nSPS) is 10.2. The van der Waals surface area contributed by atoms with Gasteiger partial charge in [-0.05, 0) is 30.3 Å². The Morgan fingerprint density at radius 1 is 1.04 bits per heavy atom. The Kier molecular flexibility index (Phi) is 4.80. The number of pyridine rings is 1. The number of rotatable bonds is 5. The summed E-state index contributed by atoms with van der Waals surface area (Å²) in [6.07, 6.45) is 0.597. The van der Waals surface area contributed by atoms with Crippen LogP contribution in [0.5, 0.6) is 5.75 Å². The van der Waals surface area contributed by atoms with E-state index in [4.69, 9.17) is 4.74 Å². The van der Waals surface area contributed by atoms with Crippen LogP contribution in [0.15, 0.2) is 60.7 Å². The molecule has 0 saturated carbocycles. The molecule has 0 unspecified atom stereocenters. The molecule has 0 bridgehead atoms. The lowest BCUT2D eigenvalue weighted by Crippen LogP contribution is -2.25. The lowest BCUT2D eigenvalue weighted by Gasteiger charge is -2.07. The van der Waals surface area contributed by atoms with Crippen molar-refractivity contribution in [2.45, 2.75) is 0 Å². The maximum absolute atomic E-state index is 12.1. The number of hydrogen-bond acceptors (Lipinski definition) is 5. The Bertz CT molecular complexity index is 939. The van der Waals surface area contributed by atoms with Crippen LogP contribution in [0.2, 0.25) is 0 Å². The van der Waals surface area contributed by atoms with Crippen LogP contribution in [-0.2, 0) is 4.79 Å². The number of aldehydes is 1. The van der Waals surface area contributed by atoms with Crippen molar-refractivity contribution in [3.63, 3.8) is 0 Å². The molecule has 1 aromatic heterocycles. The summed E-state index contributed by atoms with van der Waals surface area (Å²) in [7, 11) is 0. The summed E-state index contributed by atoms with van der Waals surface area (Å²) < 4.78 is 5.35. The molecule has 124 valence electrons. The van der Waals surface area contributed by atoms with Crippen molar-refractivity contribution in [1.29, 1.82) is 0 Å². The molecule has 0 aliphatic carbocycles. The fourth-order valence-corrected chi connectivity index (χ4v) is 2.25. The first-order valence-corrected chi connectivity index (χ1v) is 7.57. The molecule has 2 aromatic carbocycles. The molecule has 1 N–H and O–H groups in total. The van der Waals surface area contributed by atoms with Crippen molar-refractivity contribution in [2.24, 2.45) is 0 Å². The van der Waals surface area contributed by atoms with Crippen LogP contribution in [0.1, 0.15) is 20.8 Å². The molecule has 1 heterocycles. The van der Waals surface area contributed by atoms with E-state index in [1.54, 1.807) is 54.6 Å². The number of nitrogens with one attached hydrogen (secondary N) is 1. The number of aromatic nitrogens is 1. The van der Waals surface area contributed by atoms with E-state index < -0.39 is 11.9 Å². The molecule has 3 aromatic rings. The van der Waals surface area contributed by atoms with Gasteiger partial charge in [0, 0.05) is 11.5 Å². The topological polar surface area (TPSA) is 85.4 Å². The smallest absolute Gasteiger partial charge is 0.343 e. The van der Waals surface area contributed by atoms with Gasteiger partial charge >= 0.3 is 5.97 Å². The average molecular weight is 334 g/mol. The lowest BCUT2D eigenvalue weighted by molar-refractivity contribution is -0.107. The van der Waals surface area contributed by atoms with Gasteiger partial charge < -0.3 is 14.8 Å². The number of nitrogens with zero attached hydrogens (tertiary/aromatic N) is 1. The zero-order valence-corrected chi connectivity index (χ0v) is 13.1. The van der Waals surface area contributed by atoms with E-state index in [9.17, 15) is 14.4 Å². The summed E-state index contributed by atoms with van der Waals surface area (Å²) in [5.41, 5.74) is 1.13. The Balaban J connectivity index is 1.84. The number of benzene rings is 2. The second-order valence-corrected chi connectivity index (χ2v) is 5.18. The van der Waals surface area contributed by atoms with Gasteiger partial charge in [-0.15, -0.1) is 0 Å². The highest BCUT2D eigenvalue weighted by Crippen LogP contribution is 2.21. The largest absolute Gasteiger partial charge is 0.423 e. The minimum absolute atomic E-state index is 0.0761. The predicted molar refractivity (Wildman–Crippen MR) is 91.5 cm³/mol. The molecule has 0 aliphatic rings. The van der Waals surface area contributed by atoms with Gasteiger partial charge in [0.15, 0.2) is 0 Å². The van der Waals surface area contributed by atoms with Crippen LogP contribution in [0.25, 0.3) is 10.9 Å². The van der Waals surface area contributed by atoms with E-state index in [2.05, 4.69) is 10.3 Å². The fraction of sp³-hybridized carbons (Fsp3) is 0.0526. The predicted octanol–water partition coefficient (Wildman–Crippen LogP) is 2.38. The first kappa shape index (κ1) is 16.3. The van der Waals surface area contributed by atoms with Gasteiger partial charge in [-0.25, -0.2) is 9.78 Å². The summed E-state index contributed by atoms with van der Waals surface area (Å²) in [6.45, 7) is -0.0761. The van der Waals surface area contributed by atoms with E-state index in [1.165, 1.54) is 0 Å². The summed E-state index contributed by atoms with van der Waals surface area (Å²) in [5, 5.41) is 3.22. The number of esters is 1. The highest BCUT2D eigenvalue weighted by Gasteiger charge is 2.10. The molecule has 6 nitrogen and oxygen atoms in total. The minimum Gasteiger partial charge on any atom is -0.423 e. The van der Waals surface area contributed by atoms with Crippen LogP contribution >= 0.6 is 0 Å². The summed E-state index contributed by atoms with van der Waals surface area (Å²) >= 11 is 0. The van der Waals surface area contributed by atoms with Gasteiger partial charge in [-0.2, -0.15) is 0 Å². The second-order valence-electron chi connectivity index (χ2n) is 5.18. The third-order valence-corrected chi connectivity index (χ3v) is 3.46. The molecule has 1 amide bonds. The van der Waals surface area contributed by atoms with Crippen molar-refractivity contribution < 1.29 is 19.1 Å². The van der Waals surface area contributed by atoms with Crippen LogP contribution in [0.3, 0.4) is 0 Å². The number of fused-ring (bicyclic) bond motifs is 1. The minimum atomic E-state index is -0.472. The van der Waals surface area contributed by atoms with Crippen LogP contribution < -0.4 is 10.1 Å². The first-order chi connectivity index (χ1) is 12.2. The van der Waals surface area contributed by atoms with Gasteiger partial charge in [-0.1, -0.05) is 24.3 Å². The third kappa shape index (κ3) is 3.87. The molecular weight excluding hydrogens is 320 g/mol. The van der Waals surface area contributed by atoms with E-state index in [-0.39, 0.29) is 12.2 Å². The van der Waals surface area contributed by atoms with Crippen molar-refractivity contribution in [2.75, 3.05) is 6.54 Å². The van der Waals surface area contributed by atoms with E-state index in [0.29, 0.717) is 23.1 Å². The van der Waals surface area contributed by atoms with E-state index in [1.807, 2.05) is 6.07 Å². The Labute approximate surface area is 143 Å². The van der Waals surface area contributed by atoms with Gasteiger partial charge in [0.1, 0.15) is 17.7 Å². The standard InChI is InChI=1S/C19H14N2O4/c22-11-10-20-18(23)16-9-7-13-6-8-15(12-17(13)21-16)25-19(24)14-4-2-1-3-5-14/h1-9,11-12H,10H2,(H,20,23). The Morgan fingerprint density at radius 2 is 1.80 bits per heavy atom. The number of hydrogen-bond donors (Lipinski definition) is 1. The second kappa shape index (κ2) is 7.35. The molecule has 0 spiro atoms. The molecule has 6 heteroatoms. The maximum Gasteiger partial charge on any atom is 0.343 e. The summed E-state index contributed by atoms with van der Waals surface area (Å²) in [4.78, 5) is 38.6. The van der Waals surface area contributed by atoms with Crippen LogP contribution in [0, 0.1) is 0 Å². The quantitative estimate of drug-likeness (QED) is 0.440. The zero-order chi connectivity index (χ0) is 17.6. The molecule has 3 rings (SSSR count). The molecule has 0 saturated heterocycles. The fourth-order valence-electron chi connectivity index (χ4n) is 2.25. The molecule has 0 fully saturated rings. The van der Waals surface area contributed by atoms with Crippen molar-refractivity contribution >= 4 is 29.1 Å². The molecular formula is C19H14N2O4. The van der Waals surface area contributed by atoms with Crippen molar-refractivity contribution in [1.82, 2.24) is 10.3 Å². The van der Waals surface area contributed by atoms with Gasteiger partial charge in [0.2, 0.25) is 0 Å². The first-order valence-electron chi connectivity index (χ1n) is 7.57. The summed E-state index contributed by atoms with van der Waals surface area (Å²) in [6, 6.07) is 17.0. The van der Waals surface area contributed by atoms with Gasteiger partial charge in [0.05, 0.1) is 17.6 Å². The van der Waals surface area contributed by atoms with E-state index >= 15 is 0 Å². The number of ether oxygens (including phenoxy) is 1. The molecule has 0 aliphatic heterocycles. The molecule has 25 heavy (non-hydrogen) atoms. The summed E-state index contributed by atoms with van der Waals surface area (Å²) in [5.74, 6) is -0.584. The lowest BCUT2D eigenvalue weighted by atomic mass is 10.2. The van der Waals surface area contributed by atoms with Crippen molar-refractivity contribution in [3.05, 3.63) is 71.9 Å². The maximum atomic E-state index is 12.1. The van der Waals surface area contributed by atoms with Crippen molar-refractivity contribution in [3.8, 4) is 5.75 Å². The SMILES string of the molecule is O=CCNC(=O)c1ccc2ccc(OC(=O)c3ccccc3)cc2n1. The highest BCUT2D eigenvalue weighted by molar-refractivity contribution is 5.96. The number of carbonyl (C=O) groups is 3. The third-order valence-electron chi connectivity index (χ3n) is 3.46. The Hall–Kier alpha value is -3.54. The van der Waals surface area contributed by atoms with Crippen LogP contribution in [-0.4, -0.2) is 29.7 Å². The highest BCUT2D eigenvalue weighted by atomic mass is 16.5. The Morgan fingerprint density at radius 3 is 2.56 bits per heavy atom. The number of carbonyl (C=O) groups excluding carboxylic acids is 3. The average Bonchev–Trinajstić information content (AvgIpc) is 2.66. The van der Waals surface area contributed by atoms with Gasteiger partial charge in [-0.3, -0.25) is 4.79 Å². The molecule has 0 atom stereocenters. The van der Waals surface area contributed by atoms with Crippen LogP contribution in [0.4, 0.5) is 0 Å². The zero-order valence-electron chi connectivity index (χ0n) is 13.1.